The Labute approximate surface area is 93.2 Å². The zero-order valence-electron chi connectivity index (χ0n) is 8.80. The first-order chi connectivity index (χ1) is 7.88. The molecule has 0 saturated carbocycles. The van der Waals surface area contributed by atoms with E-state index in [1.54, 1.807) is 0 Å². The van der Waals surface area contributed by atoms with Crippen molar-refractivity contribution in [3.8, 4) is 5.75 Å². The van der Waals surface area contributed by atoms with E-state index < -0.39 is 0 Å². The Hall–Kier alpha value is -1.88. The van der Waals surface area contributed by atoms with Gasteiger partial charge in [0.15, 0.2) is 6.61 Å². The van der Waals surface area contributed by atoms with Gasteiger partial charge in [-0.2, -0.15) is 4.98 Å². The monoisotopic (exact) mass is 219 g/mol. The third-order valence-corrected chi connectivity index (χ3v) is 1.98. The van der Waals surface area contributed by atoms with Crippen LogP contribution in [0, 0.1) is 0 Å². The standard InChI is InChI=1S/C11H13N3O2/c12-7-6-11-13-10(14-16-11)8-15-9-4-2-1-3-5-9/h1-5H,6-8,12H2. The van der Waals surface area contributed by atoms with Gasteiger partial charge in [0.25, 0.3) is 0 Å². The highest BCUT2D eigenvalue weighted by Crippen LogP contribution is 2.10. The van der Waals surface area contributed by atoms with Crippen molar-refractivity contribution in [1.82, 2.24) is 10.1 Å². The van der Waals surface area contributed by atoms with Crippen LogP contribution in [0.15, 0.2) is 34.9 Å². The molecule has 16 heavy (non-hydrogen) atoms. The number of hydrogen-bond acceptors (Lipinski definition) is 5. The summed E-state index contributed by atoms with van der Waals surface area (Å²) in [6.45, 7) is 0.805. The molecular weight excluding hydrogens is 206 g/mol. The third kappa shape index (κ3) is 2.80. The lowest BCUT2D eigenvalue weighted by Gasteiger charge is -2.01. The number of nitrogens with two attached hydrogens (primary N) is 1. The molecule has 2 rings (SSSR count). The summed E-state index contributed by atoms with van der Waals surface area (Å²) >= 11 is 0. The van der Waals surface area contributed by atoms with Crippen LogP contribution in [-0.4, -0.2) is 16.7 Å². The van der Waals surface area contributed by atoms with Crippen LogP contribution in [0.4, 0.5) is 0 Å². The summed E-state index contributed by atoms with van der Waals surface area (Å²) in [4.78, 5) is 4.13. The normalized spacial score (nSPS) is 10.3. The first-order valence-corrected chi connectivity index (χ1v) is 5.08. The minimum absolute atomic E-state index is 0.304. The lowest BCUT2D eigenvalue weighted by Crippen LogP contribution is -2.03. The summed E-state index contributed by atoms with van der Waals surface area (Å²) in [5.74, 6) is 1.87. The van der Waals surface area contributed by atoms with Gasteiger partial charge in [-0.05, 0) is 12.1 Å². The fourth-order valence-electron chi connectivity index (χ4n) is 1.24. The number of hydrogen-bond donors (Lipinski definition) is 1. The Morgan fingerprint density at radius 2 is 2.06 bits per heavy atom. The van der Waals surface area contributed by atoms with Crippen molar-refractivity contribution in [3.05, 3.63) is 42.0 Å². The third-order valence-electron chi connectivity index (χ3n) is 1.98. The van der Waals surface area contributed by atoms with Crippen molar-refractivity contribution in [3.63, 3.8) is 0 Å². The number of nitrogens with zero attached hydrogens (tertiary/aromatic N) is 2. The van der Waals surface area contributed by atoms with Gasteiger partial charge in [-0.25, -0.2) is 0 Å². The Morgan fingerprint density at radius 1 is 1.25 bits per heavy atom. The molecule has 1 heterocycles. The molecule has 0 saturated heterocycles. The molecule has 0 fully saturated rings. The maximum atomic E-state index is 5.47. The molecule has 5 nitrogen and oxygen atoms in total. The van der Waals surface area contributed by atoms with Gasteiger partial charge < -0.3 is 15.0 Å². The molecule has 2 aromatic rings. The molecular formula is C11H13N3O2. The smallest absolute Gasteiger partial charge is 0.228 e. The van der Waals surface area contributed by atoms with E-state index in [1.165, 1.54) is 0 Å². The molecule has 84 valence electrons. The summed E-state index contributed by atoms with van der Waals surface area (Å²) in [5, 5.41) is 3.78. The second-order valence-electron chi connectivity index (χ2n) is 3.24. The van der Waals surface area contributed by atoms with E-state index in [0.717, 1.165) is 5.75 Å². The summed E-state index contributed by atoms with van der Waals surface area (Å²) < 4.78 is 10.4. The number of benzene rings is 1. The van der Waals surface area contributed by atoms with Crippen molar-refractivity contribution in [2.75, 3.05) is 6.54 Å². The van der Waals surface area contributed by atoms with Gasteiger partial charge in [0.05, 0.1) is 0 Å². The van der Waals surface area contributed by atoms with E-state index in [2.05, 4.69) is 10.1 Å². The highest BCUT2D eigenvalue weighted by molar-refractivity contribution is 5.20. The highest BCUT2D eigenvalue weighted by atomic mass is 16.5. The molecule has 1 aromatic carbocycles. The van der Waals surface area contributed by atoms with Crippen LogP contribution in [0.3, 0.4) is 0 Å². The number of aromatic nitrogens is 2. The van der Waals surface area contributed by atoms with Gasteiger partial charge >= 0.3 is 0 Å². The summed E-state index contributed by atoms with van der Waals surface area (Å²) in [5.41, 5.74) is 5.38. The molecule has 0 aliphatic rings. The predicted molar refractivity (Wildman–Crippen MR) is 57.8 cm³/mol. The van der Waals surface area contributed by atoms with Crippen LogP contribution in [0.2, 0.25) is 0 Å². The van der Waals surface area contributed by atoms with Crippen molar-refractivity contribution in [2.24, 2.45) is 5.73 Å². The minimum Gasteiger partial charge on any atom is -0.485 e. The van der Waals surface area contributed by atoms with Crippen LogP contribution >= 0.6 is 0 Å². The molecule has 0 aliphatic carbocycles. The topological polar surface area (TPSA) is 74.2 Å². The Morgan fingerprint density at radius 3 is 2.81 bits per heavy atom. The molecule has 0 atom stereocenters. The zero-order chi connectivity index (χ0) is 11.2. The van der Waals surface area contributed by atoms with E-state index in [0.29, 0.717) is 31.3 Å². The number of para-hydroxylation sites is 1. The second-order valence-corrected chi connectivity index (χ2v) is 3.24. The molecule has 0 amide bonds. The van der Waals surface area contributed by atoms with E-state index in [1.807, 2.05) is 30.3 Å². The van der Waals surface area contributed by atoms with E-state index >= 15 is 0 Å². The molecule has 1 aromatic heterocycles. The van der Waals surface area contributed by atoms with Crippen LogP contribution in [0.25, 0.3) is 0 Å². The van der Waals surface area contributed by atoms with Crippen molar-refractivity contribution in [2.45, 2.75) is 13.0 Å². The van der Waals surface area contributed by atoms with Gasteiger partial charge in [-0.1, -0.05) is 23.4 Å². The van der Waals surface area contributed by atoms with E-state index in [9.17, 15) is 0 Å². The maximum Gasteiger partial charge on any atom is 0.228 e. The summed E-state index contributed by atoms with van der Waals surface area (Å²) in [6, 6.07) is 9.50. The summed E-state index contributed by atoms with van der Waals surface area (Å²) in [7, 11) is 0. The molecule has 5 heteroatoms. The van der Waals surface area contributed by atoms with Gasteiger partial charge in [-0.15, -0.1) is 0 Å². The molecule has 0 unspecified atom stereocenters. The fourth-order valence-corrected chi connectivity index (χ4v) is 1.24. The largest absolute Gasteiger partial charge is 0.485 e. The van der Waals surface area contributed by atoms with Crippen molar-refractivity contribution >= 4 is 0 Å². The van der Waals surface area contributed by atoms with E-state index in [-0.39, 0.29) is 0 Å². The maximum absolute atomic E-state index is 5.47. The molecule has 0 aliphatic heterocycles. The summed E-state index contributed by atoms with van der Waals surface area (Å²) in [6.07, 6.45) is 0.596. The van der Waals surface area contributed by atoms with Gasteiger partial charge in [-0.3, -0.25) is 0 Å². The Balaban J connectivity index is 1.89. The second kappa shape index (κ2) is 5.27. The minimum atomic E-state index is 0.304. The van der Waals surface area contributed by atoms with Crippen molar-refractivity contribution < 1.29 is 9.26 Å². The molecule has 0 bridgehead atoms. The van der Waals surface area contributed by atoms with Crippen LogP contribution in [-0.2, 0) is 13.0 Å². The van der Waals surface area contributed by atoms with Gasteiger partial charge in [0.1, 0.15) is 5.75 Å². The lowest BCUT2D eigenvalue weighted by atomic mass is 10.3. The SMILES string of the molecule is NCCc1nc(COc2ccccc2)no1. The number of rotatable bonds is 5. The van der Waals surface area contributed by atoms with Gasteiger partial charge in [0.2, 0.25) is 11.7 Å². The average molecular weight is 219 g/mol. The first-order valence-electron chi connectivity index (χ1n) is 5.08. The Bertz CT molecular complexity index is 428. The van der Waals surface area contributed by atoms with Crippen molar-refractivity contribution in [1.29, 1.82) is 0 Å². The molecule has 0 spiro atoms. The zero-order valence-corrected chi connectivity index (χ0v) is 8.80. The quantitative estimate of drug-likeness (QED) is 0.816. The first kappa shape index (κ1) is 10.6. The van der Waals surface area contributed by atoms with Gasteiger partial charge in [0, 0.05) is 13.0 Å². The number of ether oxygens (including phenoxy) is 1. The van der Waals surface area contributed by atoms with Crippen LogP contribution < -0.4 is 10.5 Å². The van der Waals surface area contributed by atoms with Crippen LogP contribution in [0.1, 0.15) is 11.7 Å². The lowest BCUT2D eigenvalue weighted by molar-refractivity contribution is 0.285. The average Bonchev–Trinajstić information content (AvgIpc) is 2.76. The fraction of sp³-hybridized carbons (Fsp3) is 0.273. The highest BCUT2D eigenvalue weighted by Gasteiger charge is 2.05. The molecule has 0 radical (unpaired) electrons. The van der Waals surface area contributed by atoms with Crippen LogP contribution in [0.5, 0.6) is 5.75 Å². The van der Waals surface area contributed by atoms with E-state index in [4.69, 9.17) is 15.0 Å². The molecule has 2 N–H and O–H groups in total. The Kier molecular flexibility index (Phi) is 3.50. The predicted octanol–water partition coefficient (Wildman–Crippen LogP) is 1.15.